The fourth-order valence-corrected chi connectivity index (χ4v) is 4.07. The lowest BCUT2D eigenvalue weighted by atomic mass is 9.98. The van der Waals surface area contributed by atoms with E-state index in [1.54, 1.807) is 30.3 Å². The van der Waals surface area contributed by atoms with Gasteiger partial charge in [-0.1, -0.05) is 48.5 Å². The second-order valence-electron chi connectivity index (χ2n) is 6.17. The van der Waals surface area contributed by atoms with Gasteiger partial charge in [0.1, 0.15) is 5.75 Å². The summed E-state index contributed by atoms with van der Waals surface area (Å²) in [6, 6.07) is 18.2. The Kier molecular flexibility index (Phi) is 5.85. The number of esters is 1. The van der Waals surface area contributed by atoms with Crippen LogP contribution < -0.4 is 4.74 Å². The van der Waals surface area contributed by atoms with Gasteiger partial charge in [0, 0.05) is 18.5 Å². The third-order valence-corrected chi connectivity index (χ3v) is 5.91. The highest BCUT2D eigenvalue weighted by molar-refractivity contribution is 7.92. The Balaban J connectivity index is 1.55. The van der Waals surface area contributed by atoms with E-state index in [0.717, 1.165) is 5.56 Å². The van der Waals surface area contributed by atoms with Crippen LogP contribution in [0.3, 0.4) is 0 Å². The molecule has 0 N–H and O–H groups in total. The van der Waals surface area contributed by atoms with E-state index in [2.05, 4.69) is 0 Å². The summed E-state index contributed by atoms with van der Waals surface area (Å²) >= 11 is 0. The number of carbonyl (C=O) groups is 1. The number of ether oxygens (including phenoxy) is 1. The van der Waals surface area contributed by atoms with Gasteiger partial charge in [-0.05, 0) is 36.6 Å². The van der Waals surface area contributed by atoms with Crippen LogP contribution in [0, 0.1) is 5.92 Å². The fraction of sp³-hybridized carbons (Fsp3) is 0.250. The number of hydrogen-bond donors (Lipinski definition) is 0. The number of piperidine rings is 1. The molecule has 5 nitrogen and oxygen atoms in total. The van der Waals surface area contributed by atoms with Crippen LogP contribution in [-0.4, -0.2) is 31.8 Å². The summed E-state index contributed by atoms with van der Waals surface area (Å²) in [4.78, 5) is 12.2. The Labute approximate surface area is 154 Å². The van der Waals surface area contributed by atoms with Crippen LogP contribution in [0.4, 0.5) is 0 Å². The molecule has 136 valence electrons. The molecule has 26 heavy (non-hydrogen) atoms. The summed E-state index contributed by atoms with van der Waals surface area (Å²) in [6.45, 7) is 0.631. The van der Waals surface area contributed by atoms with Crippen molar-refractivity contribution in [2.45, 2.75) is 12.8 Å². The Morgan fingerprint density at radius 2 is 1.54 bits per heavy atom. The first-order chi connectivity index (χ1) is 12.5. The van der Waals surface area contributed by atoms with Gasteiger partial charge in [-0.15, -0.1) is 0 Å². The van der Waals surface area contributed by atoms with Crippen LogP contribution >= 0.6 is 0 Å². The number of hydrogen-bond acceptors (Lipinski definition) is 4. The lowest BCUT2D eigenvalue weighted by molar-refractivity contribution is -0.140. The molecule has 2 aromatic carbocycles. The summed E-state index contributed by atoms with van der Waals surface area (Å²) in [7, 11) is -3.49. The molecule has 0 amide bonds. The van der Waals surface area contributed by atoms with Gasteiger partial charge >= 0.3 is 5.97 Å². The lowest BCUT2D eigenvalue weighted by Crippen LogP contribution is -2.40. The molecular formula is C20H21NO4S. The number of para-hydroxylation sites is 1. The Bertz CT molecular complexity index is 855. The summed E-state index contributed by atoms with van der Waals surface area (Å²) in [5, 5.41) is 1.23. The predicted octanol–water partition coefficient (Wildman–Crippen LogP) is 3.30. The molecule has 0 atom stereocenters. The third-order valence-electron chi connectivity index (χ3n) is 4.34. The Hall–Kier alpha value is -2.44. The zero-order valence-electron chi connectivity index (χ0n) is 14.3. The SMILES string of the molecule is O=C(Oc1ccccc1)C1CCN(S(=O)(=O)/C=C/c2ccccc2)CC1. The maximum absolute atomic E-state index is 12.4. The summed E-state index contributed by atoms with van der Waals surface area (Å²) in [5.41, 5.74) is 0.831. The van der Waals surface area contributed by atoms with E-state index in [4.69, 9.17) is 4.74 Å². The van der Waals surface area contributed by atoms with Crippen LogP contribution in [0.25, 0.3) is 6.08 Å². The van der Waals surface area contributed by atoms with E-state index in [1.165, 1.54) is 9.71 Å². The highest BCUT2D eigenvalue weighted by atomic mass is 32.2. The van der Waals surface area contributed by atoms with Gasteiger partial charge in [0.05, 0.1) is 5.92 Å². The van der Waals surface area contributed by atoms with Crippen molar-refractivity contribution in [1.29, 1.82) is 0 Å². The summed E-state index contributed by atoms with van der Waals surface area (Å²) in [6.07, 6.45) is 2.51. The van der Waals surface area contributed by atoms with E-state index < -0.39 is 10.0 Å². The van der Waals surface area contributed by atoms with Crippen molar-refractivity contribution in [3.05, 3.63) is 71.6 Å². The molecule has 0 aliphatic carbocycles. The van der Waals surface area contributed by atoms with Gasteiger partial charge in [-0.2, -0.15) is 4.31 Å². The van der Waals surface area contributed by atoms with E-state index in [-0.39, 0.29) is 11.9 Å². The molecule has 1 aliphatic heterocycles. The minimum absolute atomic E-state index is 0.278. The molecule has 1 fully saturated rings. The van der Waals surface area contributed by atoms with Gasteiger partial charge in [-0.3, -0.25) is 4.79 Å². The molecule has 6 heteroatoms. The highest BCUT2D eigenvalue weighted by Gasteiger charge is 2.31. The van der Waals surface area contributed by atoms with E-state index >= 15 is 0 Å². The molecule has 1 heterocycles. The van der Waals surface area contributed by atoms with Gasteiger partial charge < -0.3 is 4.74 Å². The third kappa shape index (κ3) is 4.80. The zero-order valence-corrected chi connectivity index (χ0v) is 15.1. The van der Waals surface area contributed by atoms with Gasteiger partial charge in [0.2, 0.25) is 10.0 Å². The number of nitrogens with zero attached hydrogens (tertiary/aromatic N) is 1. The first kappa shape index (κ1) is 18.4. The molecule has 0 radical (unpaired) electrons. The van der Waals surface area contributed by atoms with Crippen molar-refractivity contribution >= 4 is 22.1 Å². The summed E-state index contributed by atoms with van der Waals surface area (Å²) in [5.74, 6) is -0.0637. The molecular weight excluding hydrogens is 350 g/mol. The monoisotopic (exact) mass is 371 g/mol. The molecule has 1 aliphatic rings. The molecule has 0 bridgehead atoms. The Morgan fingerprint density at radius 3 is 2.15 bits per heavy atom. The highest BCUT2D eigenvalue weighted by Crippen LogP contribution is 2.23. The van der Waals surface area contributed by atoms with Gasteiger partial charge in [-0.25, -0.2) is 8.42 Å². The smallest absolute Gasteiger partial charge is 0.314 e. The van der Waals surface area contributed by atoms with E-state index in [1.807, 2.05) is 36.4 Å². The van der Waals surface area contributed by atoms with Crippen molar-refractivity contribution in [3.8, 4) is 5.75 Å². The first-order valence-corrected chi connectivity index (χ1v) is 10.0. The van der Waals surface area contributed by atoms with Crippen LogP contribution in [-0.2, 0) is 14.8 Å². The van der Waals surface area contributed by atoms with Crippen molar-refractivity contribution in [3.63, 3.8) is 0 Å². The second kappa shape index (κ2) is 8.29. The van der Waals surface area contributed by atoms with Crippen LogP contribution in [0.1, 0.15) is 18.4 Å². The minimum Gasteiger partial charge on any atom is -0.426 e. The van der Waals surface area contributed by atoms with E-state index in [9.17, 15) is 13.2 Å². The molecule has 0 spiro atoms. The Morgan fingerprint density at radius 1 is 0.962 bits per heavy atom. The van der Waals surface area contributed by atoms with Crippen molar-refractivity contribution in [2.24, 2.45) is 5.92 Å². The van der Waals surface area contributed by atoms with Crippen molar-refractivity contribution in [2.75, 3.05) is 13.1 Å². The molecule has 0 unspecified atom stereocenters. The minimum atomic E-state index is -3.49. The predicted molar refractivity (Wildman–Crippen MR) is 101 cm³/mol. The van der Waals surface area contributed by atoms with Crippen LogP contribution in [0.5, 0.6) is 5.75 Å². The van der Waals surface area contributed by atoms with Crippen LogP contribution in [0.2, 0.25) is 0 Å². The van der Waals surface area contributed by atoms with E-state index in [0.29, 0.717) is 31.7 Å². The summed E-state index contributed by atoms with van der Waals surface area (Å²) < 4.78 is 31.7. The number of benzene rings is 2. The molecule has 3 rings (SSSR count). The maximum atomic E-state index is 12.4. The van der Waals surface area contributed by atoms with Crippen molar-refractivity contribution in [1.82, 2.24) is 4.31 Å². The molecule has 2 aromatic rings. The standard InChI is InChI=1S/C20H21NO4S/c22-20(25-19-9-5-2-6-10-19)18-11-14-21(15-12-18)26(23,24)16-13-17-7-3-1-4-8-17/h1-10,13,16,18H,11-12,14-15H2/b16-13+. The molecule has 0 saturated carbocycles. The number of sulfonamides is 1. The van der Waals surface area contributed by atoms with Crippen LogP contribution in [0.15, 0.2) is 66.1 Å². The second-order valence-corrected chi connectivity index (χ2v) is 7.98. The quantitative estimate of drug-likeness (QED) is 0.598. The average Bonchev–Trinajstić information content (AvgIpc) is 2.68. The lowest BCUT2D eigenvalue weighted by Gasteiger charge is -2.29. The van der Waals surface area contributed by atoms with Gasteiger partial charge in [0.25, 0.3) is 0 Å². The fourth-order valence-electron chi connectivity index (χ4n) is 2.85. The van der Waals surface area contributed by atoms with Crippen molar-refractivity contribution < 1.29 is 17.9 Å². The zero-order chi connectivity index (χ0) is 18.4. The average molecular weight is 371 g/mol. The molecule has 1 saturated heterocycles. The van der Waals surface area contributed by atoms with Gasteiger partial charge in [0.15, 0.2) is 0 Å². The number of rotatable bonds is 5. The number of carbonyl (C=O) groups excluding carboxylic acids is 1. The largest absolute Gasteiger partial charge is 0.426 e. The normalized spacial score (nSPS) is 16.6. The first-order valence-electron chi connectivity index (χ1n) is 8.54. The molecule has 0 aromatic heterocycles. The topological polar surface area (TPSA) is 63.7 Å². The maximum Gasteiger partial charge on any atom is 0.314 e.